The van der Waals surface area contributed by atoms with Gasteiger partial charge in [-0.1, -0.05) is 12.8 Å². The predicted octanol–water partition coefficient (Wildman–Crippen LogP) is 1.11. The minimum Gasteiger partial charge on any atom is -0.379 e. The van der Waals surface area contributed by atoms with Gasteiger partial charge in [-0.3, -0.25) is 5.32 Å². The van der Waals surface area contributed by atoms with Crippen LogP contribution in [0.15, 0.2) is 0 Å². The zero-order valence-corrected chi connectivity index (χ0v) is 7.87. The third kappa shape index (κ3) is 1.72. The molecule has 0 bridgehead atoms. The highest BCUT2D eigenvalue weighted by Gasteiger charge is 2.36. The van der Waals surface area contributed by atoms with Crippen LogP contribution in [0.4, 0.5) is 0 Å². The van der Waals surface area contributed by atoms with Gasteiger partial charge in [-0.05, 0) is 18.8 Å². The molecule has 4 unspecified atom stereocenters. The molecule has 0 spiro atoms. The molecule has 0 amide bonds. The molecule has 72 valence electrons. The van der Waals surface area contributed by atoms with E-state index in [4.69, 9.17) is 6.42 Å². The third-order valence-corrected chi connectivity index (χ3v) is 3.43. The Kier molecular flexibility index (Phi) is 2.57. The second-order valence-corrected chi connectivity index (χ2v) is 4.25. The first kappa shape index (κ1) is 9.05. The Balaban J connectivity index is 2.08. The van der Waals surface area contributed by atoms with E-state index in [0.717, 1.165) is 6.42 Å². The van der Waals surface area contributed by atoms with Crippen molar-refractivity contribution in [1.29, 1.82) is 0 Å². The molecule has 2 aliphatic rings. The van der Waals surface area contributed by atoms with Crippen LogP contribution in [-0.2, 0) is 0 Å². The minimum atomic E-state index is -0.375. The van der Waals surface area contributed by atoms with E-state index in [0.29, 0.717) is 17.9 Å². The van der Waals surface area contributed by atoms with Crippen LogP contribution in [0.25, 0.3) is 0 Å². The molecule has 0 aromatic heterocycles. The van der Waals surface area contributed by atoms with Crippen molar-refractivity contribution < 1.29 is 5.11 Å². The van der Waals surface area contributed by atoms with Crippen molar-refractivity contribution in [2.24, 2.45) is 11.8 Å². The van der Waals surface area contributed by atoms with Gasteiger partial charge in [0.1, 0.15) is 6.23 Å². The lowest BCUT2D eigenvalue weighted by molar-refractivity contribution is 0.0237. The fourth-order valence-corrected chi connectivity index (χ4v) is 2.77. The van der Waals surface area contributed by atoms with Gasteiger partial charge in [-0.25, -0.2) is 0 Å². The van der Waals surface area contributed by atoms with E-state index in [9.17, 15) is 5.11 Å². The van der Waals surface area contributed by atoms with Crippen LogP contribution in [0, 0.1) is 24.2 Å². The minimum absolute atomic E-state index is 0.293. The lowest BCUT2D eigenvalue weighted by atomic mass is 9.73. The van der Waals surface area contributed by atoms with Gasteiger partial charge in [0.05, 0.1) is 0 Å². The summed E-state index contributed by atoms with van der Waals surface area (Å²) in [4.78, 5) is 0. The summed E-state index contributed by atoms with van der Waals surface area (Å²) in [6.45, 7) is 0. The van der Waals surface area contributed by atoms with Gasteiger partial charge in [-0.15, -0.1) is 12.3 Å². The molecule has 0 radical (unpaired) electrons. The molecular formula is C11H17NO. The van der Waals surface area contributed by atoms with E-state index in [1.54, 1.807) is 0 Å². The molecule has 1 aliphatic heterocycles. The van der Waals surface area contributed by atoms with Gasteiger partial charge in [0, 0.05) is 18.4 Å². The van der Waals surface area contributed by atoms with Crippen LogP contribution in [0.1, 0.15) is 32.1 Å². The maximum Gasteiger partial charge on any atom is 0.106 e. The Labute approximate surface area is 79.7 Å². The largest absolute Gasteiger partial charge is 0.379 e. The number of aliphatic hydroxyl groups excluding tert-OH is 1. The zero-order valence-electron chi connectivity index (χ0n) is 7.87. The third-order valence-electron chi connectivity index (χ3n) is 3.43. The highest BCUT2D eigenvalue weighted by Crippen LogP contribution is 2.35. The molecule has 4 atom stereocenters. The topological polar surface area (TPSA) is 32.3 Å². The van der Waals surface area contributed by atoms with E-state index >= 15 is 0 Å². The van der Waals surface area contributed by atoms with Crippen LogP contribution in [0.2, 0.25) is 0 Å². The van der Waals surface area contributed by atoms with E-state index < -0.39 is 0 Å². The Bertz CT molecular complexity index is 221. The molecule has 2 nitrogen and oxygen atoms in total. The molecular weight excluding hydrogens is 162 g/mol. The smallest absolute Gasteiger partial charge is 0.106 e. The summed E-state index contributed by atoms with van der Waals surface area (Å²) in [7, 11) is 0. The number of hydrogen-bond acceptors (Lipinski definition) is 2. The van der Waals surface area contributed by atoms with E-state index in [1.807, 2.05) is 0 Å². The number of nitrogens with one attached hydrogen (secondary N) is 1. The van der Waals surface area contributed by atoms with Crippen LogP contribution in [-0.4, -0.2) is 17.4 Å². The Morgan fingerprint density at radius 3 is 2.85 bits per heavy atom. The predicted molar refractivity (Wildman–Crippen MR) is 51.8 cm³/mol. The zero-order chi connectivity index (χ0) is 9.26. The summed E-state index contributed by atoms with van der Waals surface area (Å²) in [6.07, 6.45) is 10.8. The number of rotatable bonds is 0. The summed E-state index contributed by atoms with van der Waals surface area (Å²) in [5, 5.41) is 12.8. The summed E-state index contributed by atoms with van der Waals surface area (Å²) in [5.41, 5.74) is 0. The molecule has 1 heterocycles. The van der Waals surface area contributed by atoms with Gasteiger partial charge in [0.15, 0.2) is 0 Å². The second kappa shape index (κ2) is 3.69. The van der Waals surface area contributed by atoms with E-state index in [2.05, 4.69) is 11.2 Å². The highest BCUT2D eigenvalue weighted by molar-refractivity contribution is 5.04. The summed E-state index contributed by atoms with van der Waals surface area (Å²) in [5.74, 6) is 3.74. The van der Waals surface area contributed by atoms with Crippen LogP contribution >= 0.6 is 0 Å². The molecule has 2 rings (SSSR count). The van der Waals surface area contributed by atoms with Crippen molar-refractivity contribution in [2.45, 2.75) is 44.4 Å². The van der Waals surface area contributed by atoms with Crippen molar-refractivity contribution >= 4 is 0 Å². The summed E-state index contributed by atoms with van der Waals surface area (Å²) in [6, 6.07) is 0.471. The normalized spacial score (nSPS) is 44.9. The Morgan fingerprint density at radius 1 is 1.31 bits per heavy atom. The fourth-order valence-electron chi connectivity index (χ4n) is 2.77. The SMILES string of the molecule is C#CC1CC(O)NC2CCCCC12. The standard InChI is InChI=1S/C11H17NO/c1-2-8-7-11(13)12-10-6-4-3-5-9(8)10/h1,8-13H,3-7H2. The van der Waals surface area contributed by atoms with Crippen LogP contribution < -0.4 is 5.32 Å². The van der Waals surface area contributed by atoms with Gasteiger partial charge in [0.2, 0.25) is 0 Å². The lowest BCUT2D eigenvalue weighted by Gasteiger charge is -2.42. The summed E-state index contributed by atoms with van der Waals surface area (Å²) < 4.78 is 0. The van der Waals surface area contributed by atoms with Crippen LogP contribution in [0.5, 0.6) is 0 Å². The summed E-state index contributed by atoms with van der Waals surface area (Å²) >= 11 is 0. The lowest BCUT2D eigenvalue weighted by Crippen LogP contribution is -2.52. The first-order valence-electron chi connectivity index (χ1n) is 5.21. The number of aliphatic hydroxyl groups is 1. The fraction of sp³-hybridized carbons (Fsp3) is 0.818. The van der Waals surface area contributed by atoms with Gasteiger partial charge < -0.3 is 5.11 Å². The van der Waals surface area contributed by atoms with Crippen LogP contribution in [0.3, 0.4) is 0 Å². The average molecular weight is 179 g/mol. The molecule has 2 heteroatoms. The molecule has 0 aromatic rings. The van der Waals surface area contributed by atoms with Crippen molar-refractivity contribution in [1.82, 2.24) is 5.32 Å². The average Bonchev–Trinajstić information content (AvgIpc) is 2.16. The van der Waals surface area contributed by atoms with E-state index in [1.165, 1.54) is 25.7 Å². The molecule has 2 fully saturated rings. The monoisotopic (exact) mass is 179 g/mol. The number of fused-ring (bicyclic) bond motifs is 1. The van der Waals surface area contributed by atoms with Crippen molar-refractivity contribution in [3.05, 3.63) is 0 Å². The maximum absolute atomic E-state index is 9.54. The van der Waals surface area contributed by atoms with Gasteiger partial charge >= 0.3 is 0 Å². The molecule has 1 saturated heterocycles. The molecule has 1 aliphatic carbocycles. The molecule has 0 aromatic carbocycles. The van der Waals surface area contributed by atoms with E-state index in [-0.39, 0.29) is 6.23 Å². The number of piperidine rings is 1. The maximum atomic E-state index is 9.54. The first-order chi connectivity index (χ1) is 6.31. The van der Waals surface area contributed by atoms with Gasteiger partial charge in [-0.2, -0.15) is 0 Å². The number of terminal acetylenes is 1. The first-order valence-corrected chi connectivity index (χ1v) is 5.21. The molecule has 13 heavy (non-hydrogen) atoms. The second-order valence-electron chi connectivity index (χ2n) is 4.25. The molecule has 1 saturated carbocycles. The van der Waals surface area contributed by atoms with Crippen molar-refractivity contribution in [3.8, 4) is 12.3 Å². The van der Waals surface area contributed by atoms with Crippen molar-refractivity contribution in [2.75, 3.05) is 0 Å². The van der Waals surface area contributed by atoms with Gasteiger partial charge in [0.25, 0.3) is 0 Å². The Morgan fingerprint density at radius 2 is 2.08 bits per heavy atom. The van der Waals surface area contributed by atoms with Crippen molar-refractivity contribution in [3.63, 3.8) is 0 Å². The molecule has 2 N–H and O–H groups in total. The number of hydrogen-bond donors (Lipinski definition) is 2. The highest BCUT2D eigenvalue weighted by atomic mass is 16.3. The quantitative estimate of drug-likeness (QED) is 0.546. The Hall–Kier alpha value is -0.520.